The van der Waals surface area contributed by atoms with E-state index in [0.717, 1.165) is 27.1 Å². The van der Waals surface area contributed by atoms with Gasteiger partial charge >= 0.3 is 5.97 Å². The van der Waals surface area contributed by atoms with Gasteiger partial charge in [0.15, 0.2) is 0 Å². The lowest BCUT2D eigenvalue weighted by atomic mass is 10.0. The standard InChI is InChI=1S/C16H18BrN3O2/c1-9(2)10-4-5-11-13(8-10)20-15(17)12(6-7-14(21)22)19(3)16(20)18-11/h4-5,8-9H,6-7H2,1-3H3,(H,21,22). The van der Waals surface area contributed by atoms with E-state index in [1.54, 1.807) is 0 Å². The molecule has 3 rings (SSSR count). The third-order valence-electron chi connectivity index (χ3n) is 4.04. The number of halogens is 1. The molecule has 0 aliphatic rings. The quantitative estimate of drug-likeness (QED) is 0.768. The van der Waals surface area contributed by atoms with Crippen molar-refractivity contribution in [2.45, 2.75) is 32.6 Å². The van der Waals surface area contributed by atoms with Crippen molar-refractivity contribution in [3.8, 4) is 0 Å². The molecule has 0 aliphatic heterocycles. The van der Waals surface area contributed by atoms with Gasteiger partial charge in [-0.1, -0.05) is 19.9 Å². The molecule has 0 saturated heterocycles. The number of aliphatic carboxylic acids is 1. The summed E-state index contributed by atoms with van der Waals surface area (Å²) in [5.74, 6) is 0.477. The molecule has 0 fully saturated rings. The van der Waals surface area contributed by atoms with Crippen LogP contribution >= 0.6 is 15.9 Å². The van der Waals surface area contributed by atoms with Crippen LogP contribution in [0.25, 0.3) is 16.8 Å². The highest BCUT2D eigenvalue weighted by Gasteiger charge is 2.18. The lowest BCUT2D eigenvalue weighted by molar-refractivity contribution is -0.136. The fourth-order valence-corrected chi connectivity index (χ4v) is 3.56. The number of aromatic nitrogens is 3. The first-order valence-corrected chi connectivity index (χ1v) is 8.06. The molecular weight excluding hydrogens is 346 g/mol. The van der Waals surface area contributed by atoms with Crippen molar-refractivity contribution in [3.63, 3.8) is 0 Å². The summed E-state index contributed by atoms with van der Waals surface area (Å²) >= 11 is 3.62. The maximum absolute atomic E-state index is 10.8. The molecule has 1 aromatic carbocycles. The van der Waals surface area contributed by atoms with Crippen molar-refractivity contribution >= 4 is 38.7 Å². The van der Waals surface area contributed by atoms with E-state index in [4.69, 9.17) is 5.11 Å². The lowest BCUT2D eigenvalue weighted by Crippen LogP contribution is -2.02. The van der Waals surface area contributed by atoms with E-state index >= 15 is 0 Å². The Bertz CT molecular complexity index is 877. The number of fused-ring (bicyclic) bond motifs is 3. The van der Waals surface area contributed by atoms with E-state index in [1.807, 2.05) is 17.7 Å². The Hall–Kier alpha value is -1.82. The monoisotopic (exact) mass is 363 g/mol. The van der Waals surface area contributed by atoms with Gasteiger partial charge in [-0.05, 0) is 39.5 Å². The predicted octanol–water partition coefficient (Wildman–Crippen LogP) is 3.73. The molecule has 2 aromatic heterocycles. The Kier molecular flexibility index (Phi) is 3.72. The van der Waals surface area contributed by atoms with E-state index in [1.165, 1.54) is 5.56 Å². The molecule has 1 N–H and O–H groups in total. The van der Waals surface area contributed by atoms with Crippen LogP contribution in [0.5, 0.6) is 0 Å². The number of carboxylic acid groups (broad SMARTS) is 1. The number of hydrogen-bond acceptors (Lipinski definition) is 2. The zero-order chi connectivity index (χ0) is 16.0. The molecule has 0 unspecified atom stereocenters. The van der Waals surface area contributed by atoms with Crippen molar-refractivity contribution in [2.24, 2.45) is 7.05 Å². The second-order valence-corrected chi connectivity index (χ2v) is 6.59. The maximum atomic E-state index is 10.8. The summed E-state index contributed by atoms with van der Waals surface area (Å²) in [7, 11) is 1.92. The Morgan fingerprint density at radius 1 is 1.41 bits per heavy atom. The number of aryl methyl sites for hydroxylation is 1. The fraction of sp³-hybridized carbons (Fsp3) is 0.375. The second-order valence-electron chi connectivity index (χ2n) is 5.84. The third kappa shape index (κ3) is 2.31. The summed E-state index contributed by atoms with van der Waals surface area (Å²) in [5.41, 5.74) is 4.20. The Labute approximate surface area is 136 Å². The van der Waals surface area contributed by atoms with Crippen LogP contribution in [0.3, 0.4) is 0 Å². The molecular formula is C16H18BrN3O2. The number of carboxylic acids is 1. The summed E-state index contributed by atoms with van der Waals surface area (Å²) < 4.78 is 4.90. The molecule has 0 bridgehead atoms. The topological polar surface area (TPSA) is 59.5 Å². The zero-order valence-electron chi connectivity index (χ0n) is 12.8. The molecule has 0 amide bonds. The summed E-state index contributed by atoms with van der Waals surface area (Å²) in [6.45, 7) is 4.33. The van der Waals surface area contributed by atoms with Crippen LogP contribution in [0.2, 0.25) is 0 Å². The third-order valence-corrected chi connectivity index (χ3v) is 4.85. The van der Waals surface area contributed by atoms with Crippen LogP contribution in [0, 0.1) is 0 Å². The minimum absolute atomic E-state index is 0.106. The van der Waals surface area contributed by atoms with Crippen LogP contribution < -0.4 is 0 Å². The van der Waals surface area contributed by atoms with Gasteiger partial charge in [0.2, 0.25) is 5.78 Å². The first kappa shape index (κ1) is 15.1. The summed E-state index contributed by atoms with van der Waals surface area (Å²) in [4.78, 5) is 15.5. The number of imidazole rings is 2. The van der Waals surface area contributed by atoms with Gasteiger partial charge in [-0.2, -0.15) is 0 Å². The van der Waals surface area contributed by atoms with E-state index in [0.29, 0.717) is 12.3 Å². The summed E-state index contributed by atoms with van der Waals surface area (Å²) in [6.07, 6.45) is 0.579. The molecule has 6 heteroatoms. The van der Waals surface area contributed by atoms with Crippen LogP contribution in [-0.4, -0.2) is 25.0 Å². The Morgan fingerprint density at radius 3 is 2.77 bits per heavy atom. The van der Waals surface area contributed by atoms with E-state index < -0.39 is 5.97 Å². The smallest absolute Gasteiger partial charge is 0.303 e. The average Bonchev–Trinajstić information content (AvgIpc) is 2.94. The number of benzene rings is 1. The number of rotatable bonds is 4. The van der Waals surface area contributed by atoms with Gasteiger partial charge in [-0.25, -0.2) is 4.98 Å². The van der Waals surface area contributed by atoms with Crippen LogP contribution in [0.15, 0.2) is 22.8 Å². The second kappa shape index (κ2) is 5.43. The van der Waals surface area contributed by atoms with E-state index in [2.05, 4.69) is 51.3 Å². The molecule has 0 radical (unpaired) electrons. The number of carbonyl (C=O) groups is 1. The highest BCUT2D eigenvalue weighted by molar-refractivity contribution is 9.10. The van der Waals surface area contributed by atoms with Crippen LogP contribution in [0.1, 0.15) is 37.4 Å². The lowest BCUT2D eigenvalue weighted by Gasteiger charge is -2.05. The van der Waals surface area contributed by atoms with Crippen molar-refractivity contribution in [1.82, 2.24) is 14.0 Å². The van der Waals surface area contributed by atoms with E-state index in [-0.39, 0.29) is 6.42 Å². The van der Waals surface area contributed by atoms with Crippen molar-refractivity contribution in [3.05, 3.63) is 34.1 Å². The van der Waals surface area contributed by atoms with Crippen LogP contribution in [-0.2, 0) is 18.3 Å². The zero-order valence-corrected chi connectivity index (χ0v) is 14.4. The molecule has 0 spiro atoms. The molecule has 2 heterocycles. The van der Waals surface area contributed by atoms with E-state index in [9.17, 15) is 4.79 Å². The largest absolute Gasteiger partial charge is 0.481 e. The molecule has 3 aromatic rings. The minimum atomic E-state index is -0.794. The molecule has 5 nitrogen and oxygen atoms in total. The van der Waals surface area contributed by atoms with Gasteiger partial charge in [0.25, 0.3) is 0 Å². The summed E-state index contributed by atoms with van der Waals surface area (Å²) in [6, 6.07) is 6.31. The molecule has 0 aliphatic carbocycles. The van der Waals surface area contributed by atoms with Crippen molar-refractivity contribution < 1.29 is 9.90 Å². The highest BCUT2D eigenvalue weighted by atomic mass is 79.9. The average molecular weight is 364 g/mol. The van der Waals surface area contributed by atoms with Crippen LogP contribution in [0.4, 0.5) is 0 Å². The van der Waals surface area contributed by atoms with Crippen molar-refractivity contribution in [1.29, 1.82) is 0 Å². The molecule has 116 valence electrons. The fourth-order valence-electron chi connectivity index (χ4n) is 2.74. The highest BCUT2D eigenvalue weighted by Crippen LogP contribution is 2.29. The first-order valence-electron chi connectivity index (χ1n) is 7.27. The Morgan fingerprint density at radius 2 is 2.14 bits per heavy atom. The SMILES string of the molecule is CC(C)c1ccc2nc3n(C)c(CCC(=O)O)c(Br)n3c2c1. The number of nitrogens with zero attached hydrogens (tertiary/aromatic N) is 3. The maximum Gasteiger partial charge on any atom is 0.303 e. The van der Waals surface area contributed by atoms with Gasteiger partial charge in [0, 0.05) is 13.5 Å². The van der Waals surface area contributed by atoms with Crippen molar-refractivity contribution in [2.75, 3.05) is 0 Å². The normalized spacial score (nSPS) is 11.9. The van der Waals surface area contributed by atoms with Gasteiger partial charge in [0.05, 0.1) is 23.1 Å². The van der Waals surface area contributed by atoms with Gasteiger partial charge in [0.1, 0.15) is 4.60 Å². The van der Waals surface area contributed by atoms with Gasteiger partial charge in [-0.15, -0.1) is 0 Å². The molecule has 0 saturated carbocycles. The van der Waals surface area contributed by atoms with Gasteiger partial charge in [-0.3, -0.25) is 9.20 Å². The summed E-state index contributed by atoms with van der Waals surface area (Å²) in [5, 5.41) is 8.90. The minimum Gasteiger partial charge on any atom is -0.481 e. The molecule has 22 heavy (non-hydrogen) atoms. The Balaban J connectivity index is 2.22. The predicted molar refractivity (Wildman–Crippen MR) is 89.4 cm³/mol. The molecule has 0 atom stereocenters. The number of hydrogen-bond donors (Lipinski definition) is 1. The first-order chi connectivity index (χ1) is 10.4. The van der Waals surface area contributed by atoms with Gasteiger partial charge < -0.3 is 9.67 Å².